The molecule has 0 atom stereocenters. The van der Waals surface area contributed by atoms with Crippen LogP contribution in [0.5, 0.6) is 11.5 Å². The van der Waals surface area contributed by atoms with E-state index in [-0.39, 0.29) is 11.5 Å². The van der Waals surface area contributed by atoms with Crippen molar-refractivity contribution in [1.29, 1.82) is 0 Å². The highest BCUT2D eigenvalue weighted by Crippen LogP contribution is 2.30. The molecule has 0 unspecified atom stereocenters. The second kappa shape index (κ2) is 3.91. The fraction of sp³-hybridized carbons (Fsp3) is 0.250. The Morgan fingerprint density at radius 2 is 1.86 bits per heavy atom. The average Bonchev–Trinajstić information content (AvgIpc) is 2.06. The third-order valence-corrected chi connectivity index (χ3v) is 2.17. The zero-order valence-electron chi connectivity index (χ0n) is 7.68. The highest BCUT2D eigenvalue weighted by molar-refractivity contribution is 6.32. The minimum Gasteiger partial charge on any atom is -0.493 e. The maximum Gasteiger partial charge on any atom is 0.573 e. The Kier molecular flexibility index (Phi) is 3.05. The molecule has 14 heavy (non-hydrogen) atoms. The number of hydrogen-bond donors (Lipinski definition) is 0. The minimum absolute atomic E-state index is 0.106. The molecular weight excluding hydrogens is 213 g/mol. The summed E-state index contributed by atoms with van der Waals surface area (Å²) in [7, 11) is 2.05. The second-order valence-corrected chi connectivity index (χ2v) is 3.86. The van der Waals surface area contributed by atoms with Crippen molar-refractivity contribution in [2.24, 2.45) is 0 Å². The lowest BCUT2D eigenvalue weighted by molar-refractivity contribution is -0.275. The number of rotatable bonds is 2. The predicted molar refractivity (Wildman–Crippen MR) is 49.3 cm³/mol. The largest absolute Gasteiger partial charge is 0.573 e. The monoisotopic (exact) mass is 222 g/mol. The molecule has 1 aromatic carbocycles. The van der Waals surface area contributed by atoms with Gasteiger partial charge in [0.05, 0.1) is 7.11 Å². The smallest absolute Gasteiger partial charge is 0.493 e. The van der Waals surface area contributed by atoms with Crippen molar-refractivity contribution >= 4 is 15.4 Å². The molecule has 2 nitrogen and oxygen atoms in total. The first-order valence-corrected chi connectivity index (χ1v) is 4.83. The van der Waals surface area contributed by atoms with Crippen LogP contribution in [0.25, 0.3) is 0 Å². The van der Waals surface area contributed by atoms with Gasteiger partial charge in [-0.2, -0.15) is 0 Å². The first-order chi connectivity index (χ1) is 6.42. The van der Waals surface area contributed by atoms with Crippen LogP contribution in [-0.2, 0) is 0 Å². The summed E-state index contributed by atoms with van der Waals surface area (Å²) in [6.07, 6.45) is -4.68. The van der Waals surface area contributed by atoms with Crippen LogP contribution in [0.1, 0.15) is 0 Å². The molecule has 0 radical (unpaired) electrons. The lowest BCUT2D eigenvalue weighted by Gasteiger charge is -2.12. The number of hydrogen-bond acceptors (Lipinski definition) is 2. The maximum absolute atomic E-state index is 11.9. The zero-order valence-corrected chi connectivity index (χ0v) is 9.68. The second-order valence-electron chi connectivity index (χ2n) is 2.70. The van der Waals surface area contributed by atoms with E-state index in [2.05, 4.69) is 4.74 Å². The van der Waals surface area contributed by atoms with E-state index in [4.69, 9.17) is 4.74 Å². The normalized spacial score (nSPS) is 11.4. The highest BCUT2D eigenvalue weighted by Gasteiger charge is 2.32. The first-order valence-electron chi connectivity index (χ1n) is 3.83. The summed E-state index contributed by atoms with van der Waals surface area (Å²) in [6, 6.07) is 4.37. The Morgan fingerprint density at radius 3 is 2.36 bits per heavy atom. The molecule has 1 rings (SSSR count). The summed E-state index contributed by atoms with van der Waals surface area (Å²) in [5.74, 6) is -0.200. The molecule has 0 aliphatic carbocycles. The molecule has 0 aromatic heterocycles. The van der Waals surface area contributed by atoms with Crippen LogP contribution in [0.2, 0.25) is 0 Å². The van der Waals surface area contributed by atoms with Gasteiger partial charge in [-0.05, 0) is 12.1 Å². The van der Waals surface area contributed by atoms with Gasteiger partial charge >= 0.3 is 6.36 Å². The Labute approximate surface area is 82.1 Å². The molecule has 0 saturated carbocycles. The molecule has 0 heterocycles. The van der Waals surface area contributed by atoms with Gasteiger partial charge in [-0.3, -0.25) is 0 Å². The molecule has 0 aliphatic heterocycles. The molecule has 0 fully saturated rings. The number of benzene rings is 1. The van der Waals surface area contributed by atoms with Gasteiger partial charge in [0.15, 0.2) is 11.5 Å². The molecule has 78 valence electrons. The molecule has 0 amide bonds. The predicted octanol–water partition coefficient (Wildman–Crippen LogP) is 0.585. The van der Waals surface area contributed by atoms with Crippen molar-refractivity contribution in [3.8, 4) is 11.5 Å². The third kappa shape index (κ3) is 2.95. The number of alkyl halides is 3. The van der Waals surface area contributed by atoms with Crippen molar-refractivity contribution in [2.75, 3.05) is 7.11 Å². The van der Waals surface area contributed by atoms with E-state index >= 15 is 0 Å². The van der Waals surface area contributed by atoms with Crippen LogP contribution in [0.3, 0.4) is 0 Å². The topological polar surface area (TPSA) is 18.5 Å². The fourth-order valence-corrected chi connectivity index (χ4v) is 1.41. The SMILES string of the molecule is COc1cc([SiH3])ccc1OC(F)(F)F. The van der Waals surface area contributed by atoms with Gasteiger partial charge in [0.2, 0.25) is 0 Å². The van der Waals surface area contributed by atoms with Gasteiger partial charge in [-0.25, -0.2) is 0 Å². The Bertz CT molecular complexity index is 325. The van der Waals surface area contributed by atoms with E-state index in [9.17, 15) is 13.2 Å². The highest BCUT2D eigenvalue weighted by atomic mass is 28.1. The summed E-state index contributed by atoms with van der Waals surface area (Å²) in [5.41, 5.74) is 0. The van der Waals surface area contributed by atoms with Crippen molar-refractivity contribution in [3.63, 3.8) is 0 Å². The molecule has 0 spiro atoms. The van der Waals surface area contributed by atoms with Crippen LogP contribution in [0.4, 0.5) is 13.2 Å². The van der Waals surface area contributed by atoms with E-state index in [1.165, 1.54) is 19.2 Å². The Balaban J connectivity index is 2.97. The van der Waals surface area contributed by atoms with Gasteiger partial charge in [-0.1, -0.05) is 11.3 Å². The third-order valence-electron chi connectivity index (χ3n) is 1.54. The van der Waals surface area contributed by atoms with Crippen LogP contribution in [-0.4, -0.2) is 23.7 Å². The summed E-state index contributed by atoms with van der Waals surface area (Å²) in [4.78, 5) is 0. The Hall–Kier alpha value is -1.17. The van der Waals surface area contributed by atoms with Gasteiger partial charge in [0.1, 0.15) is 0 Å². The number of methoxy groups -OCH3 is 1. The average molecular weight is 222 g/mol. The summed E-state index contributed by atoms with van der Waals surface area (Å²) >= 11 is 0. The van der Waals surface area contributed by atoms with E-state index in [1.807, 2.05) is 0 Å². The van der Waals surface area contributed by atoms with E-state index in [1.54, 1.807) is 6.07 Å². The standard InChI is InChI=1S/C8H9F3O2Si/c1-12-7-4-5(14)2-3-6(7)13-8(9,10)11/h2-4H,1,14H3. The summed E-state index contributed by atoms with van der Waals surface area (Å²) in [6.45, 7) is 0. The van der Waals surface area contributed by atoms with Crippen molar-refractivity contribution in [1.82, 2.24) is 0 Å². The maximum atomic E-state index is 11.9. The van der Waals surface area contributed by atoms with Gasteiger partial charge < -0.3 is 9.47 Å². The molecule has 0 aliphatic rings. The van der Waals surface area contributed by atoms with Crippen molar-refractivity contribution < 1.29 is 22.6 Å². The molecule has 6 heteroatoms. The fourth-order valence-electron chi connectivity index (χ4n) is 0.984. The lowest BCUT2D eigenvalue weighted by Crippen LogP contribution is -2.18. The van der Waals surface area contributed by atoms with Crippen LogP contribution in [0.15, 0.2) is 18.2 Å². The van der Waals surface area contributed by atoms with Crippen molar-refractivity contribution in [3.05, 3.63) is 18.2 Å². The quantitative estimate of drug-likeness (QED) is 0.682. The lowest BCUT2D eigenvalue weighted by atomic mass is 10.3. The Morgan fingerprint density at radius 1 is 1.21 bits per heavy atom. The van der Waals surface area contributed by atoms with Crippen molar-refractivity contribution in [2.45, 2.75) is 6.36 Å². The van der Waals surface area contributed by atoms with E-state index in [0.29, 0.717) is 0 Å². The molecular formula is C8H9F3O2Si. The summed E-state index contributed by atoms with van der Waals surface area (Å²) in [5, 5.41) is 0.941. The molecule has 0 saturated heterocycles. The van der Waals surface area contributed by atoms with Crippen LogP contribution < -0.4 is 14.7 Å². The minimum atomic E-state index is -4.68. The van der Waals surface area contributed by atoms with Gasteiger partial charge in [0.25, 0.3) is 0 Å². The van der Waals surface area contributed by atoms with E-state index in [0.717, 1.165) is 15.4 Å². The van der Waals surface area contributed by atoms with Gasteiger partial charge in [0, 0.05) is 10.2 Å². The molecule has 1 aromatic rings. The molecule has 0 bridgehead atoms. The molecule has 0 N–H and O–H groups in total. The summed E-state index contributed by atoms with van der Waals surface area (Å²) < 4.78 is 44.2. The zero-order chi connectivity index (χ0) is 10.8. The van der Waals surface area contributed by atoms with Crippen LogP contribution in [0, 0.1) is 0 Å². The first kappa shape index (κ1) is 10.9. The number of ether oxygens (including phenoxy) is 2. The van der Waals surface area contributed by atoms with E-state index < -0.39 is 6.36 Å². The van der Waals surface area contributed by atoms with Gasteiger partial charge in [-0.15, -0.1) is 13.2 Å². The number of halogens is 3. The van der Waals surface area contributed by atoms with Crippen LogP contribution >= 0.6 is 0 Å².